The molecule has 1 aromatic rings. The van der Waals surface area contributed by atoms with Crippen molar-refractivity contribution in [3.05, 3.63) is 29.8 Å². The molecule has 2 unspecified atom stereocenters. The van der Waals surface area contributed by atoms with Crippen molar-refractivity contribution in [3.63, 3.8) is 0 Å². The molecule has 10 heteroatoms. The Hall–Kier alpha value is -3.43. The van der Waals surface area contributed by atoms with Gasteiger partial charge >= 0.3 is 6.03 Å². The first kappa shape index (κ1) is 17.4. The van der Waals surface area contributed by atoms with Crippen LogP contribution in [0.4, 0.5) is 4.79 Å². The van der Waals surface area contributed by atoms with Crippen molar-refractivity contribution in [2.75, 3.05) is 20.6 Å². The van der Waals surface area contributed by atoms with Crippen LogP contribution < -0.4 is 5.43 Å². The highest BCUT2D eigenvalue weighted by molar-refractivity contribution is 6.02. The number of hydrogen-bond donors (Lipinski definition) is 2. The standard InChI is InChI=1S/C16H18N6O4/c1-20-14-13(15(25)21(2)16(20)26)22(9-17-14)8-12(24)19-18-7-10-5-3-4-6-11(10)23/h3-7,9,13-14,23H,8H2,1-2H3,(H,19,24)/b18-7+. The van der Waals surface area contributed by atoms with Gasteiger partial charge in [0.15, 0.2) is 12.2 Å². The van der Waals surface area contributed by atoms with Crippen molar-refractivity contribution in [2.45, 2.75) is 12.2 Å². The first-order chi connectivity index (χ1) is 12.4. The van der Waals surface area contributed by atoms with E-state index in [1.807, 2.05) is 0 Å². The van der Waals surface area contributed by atoms with Crippen LogP contribution in [-0.4, -0.2) is 83.1 Å². The predicted octanol–water partition coefficient (Wildman–Crippen LogP) is -0.595. The summed E-state index contributed by atoms with van der Waals surface area (Å²) in [6.45, 7) is -0.148. The van der Waals surface area contributed by atoms with E-state index in [0.29, 0.717) is 5.56 Å². The number of phenolic OH excluding ortho intramolecular Hbond substituents is 1. The molecule has 2 atom stereocenters. The predicted molar refractivity (Wildman–Crippen MR) is 92.5 cm³/mol. The van der Waals surface area contributed by atoms with Crippen molar-refractivity contribution in [2.24, 2.45) is 10.1 Å². The first-order valence-electron chi connectivity index (χ1n) is 7.83. The molecule has 0 radical (unpaired) electrons. The second-order valence-corrected chi connectivity index (χ2v) is 5.94. The van der Waals surface area contributed by atoms with Crippen LogP contribution >= 0.6 is 0 Å². The van der Waals surface area contributed by atoms with Crippen LogP contribution in [0, 0.1) is 0 Å². The van der Waals surface area contributed by atoms with Gasteiger partial charge in [-0.3, -0.25) is 14.5 Å². The molecule has 0 spiro atoms. The fraction of sp³-hybridized carbons (Fsp3) is 0.312. The summed E-state index contributed by atoms with van der Waals surface area (Å²) in [6.07, 6.45) is 2.06. The van der Waals surface area contributed by atoms with Gasteiger partial charge in [0.25, 0.3) is 11.8 Å². The van der Waals surface area contributed by atoms with Gasteiger partial charge in [-0.25, -0.2) is 15.2 Å². The van der Waals surface area contributed by atoms with Gasteiger partial charge in [-0.2, -0.15) is 5.10 Å². The number of nitrogens with one attached hydrogen (secondary N) is 1. The third-order valence-electron chi connectivity index (χ3n) is 4.23. The minimum absolute atomic E-state index is 0.0450. The second kappa shape index (κ2) is 6.82. The van der Waals surface area contributed by atoms with Crippen LogP contribution in [0.15, 0.2) is 34.4 Å². The number of urea groups is 1. The van der Waals surface area contributed by atoms with E-state index >= 15 is 0 Å². The van der Waals surface area contributed by atoms with Crippen LogP contribution in [0.2, 0.25) is 0 Å². The van der Waals surface area contributed by atoms with Gasteiger partial charge in [0.05, 0.1) is 12.6 Å². The number of para-hydroxylation sites is 1. The second-order valence-electron chi connectivity index (χ2n) is 5.94. The van der Waals surface area contributed by atoms with Gasteiger partial charge < -0.3 is 14.9 Å². The Balaban J connectivity index is 1.62. The number of benzene rings is 1. The van der Waals surface area contributed by atoms with Gasteiger partial charge in [0.1, 0.15) is 12.3 Å². The number of carbonyl (C=O) groups is 3. The van der Waals surface area contributed by atoms with Gasteiger partial charge in [0.2, 0.25) is 0 Å². The lowest BCUT2D eigenvalue weighted by atomic mass is 10.1. The van der Waals surface area contributed by atoms with E-state index in [1.54, 1.807) is 25.2 Å². The maximum atomic E-state index is 12.4. The number of phenols is 1. The van der Waals surface area contributed by atoms with E-state index in [1.165, 1.54) is 35.5 Å². The number of likely N-dealkylation sites (N-methyl/N-ethyl adjacent to an activating group) is 2. The molecule has 26 heavy (non-hydrogen) atoms. The van der Waals surface area contributed by atoms with Crippen molar-refractivity contribution >= 4 is 30.4 Å². The van der Waals surface area contributed by atoms with E-state index in [4.69, 9.17) is 0 Å². The summed E-state index contributed by atoms with van der Waals surface area (Å²) in [5, 5.41) is 13.4. The van der Waals surface area contributed by atoms with Crippen molar-refractivity contribution in [1.29, 1.82) is 0 Å². The zero-order valence-electron chi connectivity index (χ0n) is 14.2. The first-order valence-corrected chi connectivity index (χ1v) is 7.83. The summed E-state index contributed by atoms with van der Waals surface area (Å²) in [5.74, 6) is -0.830. The Morgan fingerprint density at radius 2 is 2.08 bits per heavy atom. The van der Waals surface area contributed by atoms with E-state index in [9.17, 15) is 19.5 Å². The molecule has 2 aliphatic heterocycles. The topological polar surface area (TPSA) is 118 Å². The Bertz CT molecular complexity index is 808. The zero-order chi connectivity index (χ0) is 18.8. The van der Waals surface area contributed by atoms with E-state index in [0.717, 1.165) is 4.90 Å². The fourth-order valence-electron chi connectivity index (χ4n) is 2.81. The Morgan fingerprint density at radius 1 is 1.35 bits per heavy atom. The third-order valence-corrected chi connectivity index (χ3v) is 4.23. The molecule has 136 valence electrons. The number of imide groups is 1. The molecule has 0 aliphatic carbocycles. The number of aliphatic imine (C=N–C) groups is 1. The summed E-state index contributed by atoms with van der Waals surface area (Å²) in [5.41, 5.74) is 2.80. The molecule has 1 fully saturated rings. The van der Waals surface area contributed by atoms with Crippen molar-refractivity contribution in [1.82, 2.24) is 20.1 Å². The fourth-order valence-corrected chi connectivity index (χ4v) is 2.81. The maximum absolute atomic E-state index is 12.4. The molecule has 10 nitrogen and oxygen atoms in total. The summed E-state index contributed by atoms with van der Waals surface area (Å²) in [6, 6.07) is 5.38. The van der Waals surface area contributed by atoms with Gasteiger partial charge in [-0.15, -0.1) is 0 Å². The monoisotopic (exact) mass is 358 g/mol. The molecule has 1 saturated heterocycles. The van der Waals surface area contributed by atoms with E-state index < -0.39 is 30.1 Å². The highest BCUT2D eigenvalue weighted by Crippen LogP contribution is 2.24. The number of hydrazone groups is 1. The number of amides is 4. The minimum atomic E-state index is -0.740. The van der Waals surface area contributed by atoms with Crippen LogP contribution in [-0.2, 0) is 9.59 Å². The Labute approximate surface area is 149 Å². The molecule has 0 saturated carbocycles. The van der Waals surface area contributed by atoms with Crippen LogP contribution in [0.25, 0.3) is 0 Å². The third kappa shape index (κ3) is 3.08. The van der Waals surface area contributed by atoms with Crippen LogP contribution in [0.1, 0.15) is 5.56 Å². The summed E-state index contributed by atoms with van der Waals surface area (Å²) in [4.78, 5) is 44.4. The highest BCUT2D eigenvalue weighted by Gasteiger charge is 2.48. The number of carbonyl (C=O) groups excluding carboxylic acids is 3. The normalized spacial score (nSPS) is 22.3. The molecule has 0 bridgehead atoms. The van der Waals surface area contributed by atoms with Crippen molar-refractivity contribution in [3.8, 4) is 5.75 Å². The minimum Gasteiger partial charge on any atom is -0.507 e. The lowest BCUT2D eigenvalue weighted by Crippen LogP contribution is -2.64. The van der Waals surface area contributed by atoms with Crippen LogP contribution in [0.5, 0.6) is 5.75 Å². The van der Waals surface area contributed by atoms with E-state index in [2.05, 4.69) is 15.5 Å². The lowest BCUT2D eigenvalue weighted by Gasteiger charge is -2.39. The number of nitrogens with zero attached hydrogens (tertiary/aromatic N) is 5. The smallest absolute Gasteiger partial charge is 0.328 e. The summed E-state index contributed by atoms with van der Waals surface area (Å²) >= 11 is 0. The molecule has 0 aromatic heterocycles. The summed E-state index contributed by atoms with van der Waals surface area (Å²) in [7, 11) is 2.95. The quantitative estimate of drug-likeness (QED) is 0.551. The molecule has 1 aromatic carbocycles. The number of aromatic hydroxyl groups is 1. The van der Waals surface area contributed by atoms with Gasteiger partial charge in [0, 0.05) is 19.7 Å². The average molecular weight is 358 g/mol. The lowest BCUT2D eigenvalue weighted by molar-refractivity contribution is -0.136. The Morgan fingerprint density at radius 3 is 2.81 bits per heavy atom. The molecular formula is C16H18N6O4. The average Bonchev–Trinajstić information content (AvgIpc) is 3.03. The summed E-state index contributed by atoms with van der Waals surface area (Å²) < 4.78 is 0. The maximum Gasteiger partial charge on any atom is 0.328 e. The molecule has 2 heterocycles. The van der Waals surface area contributed by atoms with Gasteiger partial charge in [-0.1, -0.05) is 12.1 Å². The molecule has 3 rings (SSSR count). The number of rotatable bonds is 4. The molecule has 2 N–H and O–H groups in total. The molecule has 2 aliphatic rings. The highest BCUT2D eigenvalue weighted by atomic mass is 16.3. The molecule has 4 amide bonds. The largest absolute Gasteiger partial charge is 0.507 e. The van der Waals surface area contributed by atoms with E-state index in [-0.39, 0.29) is 12.3 Å². The SMILES string of the molecule is CN1C(=O)C2C(N=CN2CC(=O)N/N=C/c2ccccc2O)N(C)C1=O. The number of hydrogen-bond acceptors (Lipinski definition) is 7. The zero-order valence-corrected chi connectivity index (χ0v) is 14.2. The Kier molecular flexibility index (Phi) is 4.57. The number of fused-ring (bicyclic) bond motifs is 1. The molecular weight excluding hydrogens is 340 g/mol. The van der Waals surface area contributed by atoms with Gasteiger partial charge in [-0.05, 0) is 12.1 Å². The van der Waals surface area contributed by atoms with Crippen molar-refractivity contribution < 1.29 is 19.5 Å². The van der Waals surface area contributed by atoms with Crippen LogP contribution in [0.3, 0.4) is 0 Å².